The number of amides is 1. The fourth-order valence-corrected chi connectivity index (χ4v) is 2.49. The van der Waals surface area contributed by atoms with E-state index in [0.717, 1.165) is 36.4 Å². The standard InChI is InChI=1S/C14H21N3O/c1-10-4-5-11(8-12(10)15)17-7-6-14(2,9-17)13(18)16-3/h4-5,8H,6-7,9,15H2,1-3H3,(H,16,18). The van der Waals surface area contributed by atoms with Crippen molar-refractivity contribution in [2.24, 2.45) is 5.41 Å². The molecule has 4 nitrogen and oxygen atoms in total. The molecule has 1 heterocycles. The number of hydrogen-bond acceptors (Lipinski definition) is 3. The minimum Gasteiger partial charge on any atom is -0.398 e. The van der Waals surface area contributed by atoms with Crippen LogP contribution in [0.5, 0.6) is 0 Å². The van der Waals surface area contributed by atoms with E-state index in [0.29, 0.717) is 0 Å². The Kier molecular flexibility index (Phi) is 3.20. The predicted octanol–water partition coefficient (Wildman–Crippen LogP) is 1.54. The van der Waals surface area contributed by atoms with Gasteiger partial charge in [-0.1, -0.05) is 6.07 Å². The number of nitrogens with two attached hydrogens (primary N) is 1. The van der Waals surface area contributed by atoms with Gasteiger partial charge in [0.1, 0.15) is 0 Å². The van der Waals surface area contributed by atoms with Crippen LogP contribution in [0.2, 0.25) is 0 Å². The molecule has 1 fully saturated rings. The summed E-state index contributed by atoms with van der Waals surface area (Å²) < 4.78 is 0. The van der Waals surface area contributed by atoms with Gasteiger partial charge in [0.25, 0.3) is 0 Å². The van der Waals surface area contributed by atoms with E-state index in [1.807, 2.05) is 26.0 Å². The first-order chi connectivity index (χ1) is 8.46. The van der Waals surface area contributed by atoms with Crippen LogP contribution in [-0.4, -0.2) is 26.0 Å². The Hall–Kier alpha value is -1.71. The van der Waals surface area contributed by atoms with Gasteiger partial charge in [-0.25, -0.2) is 0 Å². The number of carbonyl (C=O) groups excluding carboxylic acids is 1. The van der Waals surface area contributed by atoms with Gasteiger partial charge in [0.15, 0.2) is 0 Å². The average molecular weight is 247 g/mol. The molecule has 1 aromatic carbocycles. The molecule has 0 aliphatic carbocycles. The Morgan fingerprint density at radius 3 is 2.83 bits per heavy atom. The SMILES string of the molecule is CNC(=O)C1(C)CCN(c2ccc(C)c(N)c2)C1. The first kappa shape index (κ1) is 12.7. The smallest absolute Gasteiger partial charge is 0.227 e. The van der Waals surface area contributed by atoms with Gasteiger partial charge >= 0.3 is 0 Å². The predicted molar refractivity (Wildman–Crippen MR) is 74.6 cm³/mol. The van der Waals surface area contributed by atoms with Crippen molar-refractivity contribution < 1.29 is 4.79 Å². The van der Waals surface area contributed by atoms with Gasteiger partial charge in [0.2, 0.25) is 5.91 Å². The second kappa shape index (κ2) is 4.52. The number of nitrogens with zero attached hydrogens (tertiary/aromatic N) is 1. The number of rotatable bonds is 2. The minimum absolute atomic E-state index is 0.116. The molecule has 0 bridgehead atoms. The number of anilines is 2. The highest BCUT2D eigenvalue weighted by Crippen LogP contribution is 2.34. The number of aryl methyl sites for hydroxylation is 1. The average Bonchev–Trinajstić information content (AvgIpc) is 2.76. The van der Waals surface area contributed by atoms with Crippen LogP contribution >= 0.6 is 0 Å². The van der Waals surface area contributed by atoms with Crippen molar-refractivity contribution in [2.45, 2.75) is 20.3 Å². The normalized spacial score (nSPS) is 23.2. The highest BCUT2D eigenvalue weighted by Gasteiger charge is 2.39. The molecule has 0 aromatic heterocycles. The maximum atomic E-state index is 11.9. The largest absolute Gasteiger partial charge is 0.398 e. The van der Waals surface area contributed by atoms with Crippen molar-refractivity contribution in [1.29, 1.82) is 0 Å². The van der Waals surface area contributed by atoms with Crippen LogP contribution in [0.4, 0.5) is 11.4 Å². The van der Waals surface area contributed by atoms with Crippen molar-refractivity contribution in [1.82, 2.24) is 5.32 Å². The van der Waals surface area contributed by atoms with E-state index < -0.39 is 0 Å². The van der Waals surface area contributed by atoms with E-state index in [9.17, 15) is 4.79 Å². The van der Waals surface area contributed by atoms with E-state index in [-0.39, 0.29) is 11.3 Å². The molecule has 0 saturated carbocycles. The first-order valence-electron chi connectivity index (χ1n) is 6.29. The van der Waals surface area contributed by atoms with Gasteiger partial charge in [-0.15, -0.1) is 0 Å². The molecule has 3 N–H and O–H groups in total. The summed E-state index contributed by atoms with van der Waals surface area (Å²) >= 11 is 0. The Labute approximate surface area is 108 Å². The van der Waals surface area contributed by atoms with E-state index in [4.69, 9.17) is 5.73 Å². The lowest BCUT2D eigenvalue weighted by molar-refractivity contribution is -0.128. The van der Waals surface area contributed by atoms with Gasteiger partial charge in [0, 0.05) is 31.5 Å². The molecule has 4 heteroatoms. The summed E-state index contributed by atoms with van der Waals surface area (Å²) in [6.45, 7) is 5.66. The Balaban J connectivity index is 2.18. The molecule has 0 radical (unpaired) electrons. The summed E-state index contributed by atoms with van der Waals surface area (Å²) in [6.07, 6.45) is 0.875. The maximum Gasteiger partial charge on any atom is 0.227 e. The van der Waals surface area contributed by atoms with E-state index in [2.05, 4.69) is 16.3 Å². The summed E-state index contributed by atoms with van der Waals surface area (Å²) in [5.74, 6) is 0.116. The maximum absolute atomic E-state index is 11.9. The fourth-order valence-electron chi connectivity index (χ4n) is 2.49. The lowest BCUT2D eigenvalue weighted by atomic mass is 9.89. The van der Waals surface area contributed by atoms with Gasteiger partial charge in [-0.3, -0.25) is 4.79 Å². The Bertz CT molecular complexity index is 472. The lowest BCUT2D eigenvalue weighted by Crippen LogP contribution is -2.39. The van der Waals surface area contributed by atoms with Gasteiger partial charge in [0.05, 0.1) is 5.41 Å². The van der Waals surface area contributed by atoms with Crippen molar-refractivity contribution in [2.75, 3.05) is 30.8 Å². The molecule has 1 unspecified atom stereocenters. The molecule has 1 amide bonds. The molecule has 1 saturated heterocycles. The van der Waals surface area contributed by atoms with Crippen LogP contribution in [0.1, 0.15) is 18.9 Å². The van der Waals surface area contributed by atoms with Crippen LogP contribution < -0.4 is 16.0 Å². The molecule has 18 heavy (non-hydrogen) atoms. The highest BCUT2D eigenvalue weighted by molar-refractivity contribution is 5.83. The van der Waals surface area contributed by atoms with Crippen molar-refractivity contribution in [3.8, 4) is 0 Å². The number of carbonyl (C=O) groups is 1. The number of benzene rings is 1. The van der Waals surface area contributed by atoms with Crippen LogP contribution in [0.15, 0.2) is 18.2 Å². The third-order valence-electron chi connectivity index (χ3n) is 3.88. The van der Waals surface area contributed by atoms with Crippen molar-refractivity contribution >= 4 is 17.3 Å². The summed E-state index contributed by atoms with van der Waals surface area (Å²) in [7, 11) is 1.69. The third kappa shape index (κ3) is 2.15. The van der Waals surface area contributed by atoms with Crippen LogP contribution in [0, 0.1) is 12.3 Å². The molecular weight excluding hydrogens is 226 g/mol. The lowest BCUT2D eigenvalue weighted by Gasteiger charge is -2.24. The first-order valence-corrected chi connectivity index (χ1v) is 6.29. The summed E-state index contributed by atoms with van der Waals surface area (Å²) in [5.41, 5.74) is 8.64. The molecule has 1 aliphatic heterocycles. The van der Waals surface area contributed by atoms with Crippen molar-refractivity contribution in [3.05, 3.63) is 23.8 Å². The fraction of sp³-hybridized carbons (Fsp3) is 0.500. The summed E-state index contributed by atoms with van der Waals surface area (Å²) in [4.78, 5) is 14.1. The molecule has 1 aromatic rings. The quantitative estimate of drug-likeness (QED) is 0.779. The number of nitrogens with one attached hydrogen (secondary N) is 1. The second-order valence-corrected chi connectivity index (χ2v) is 5.35. The van der Waals surface area contributed by atoms with Gasteiger partial charge in [-0.05, 0) is 38.0 Å². The topological polar surface area (TPSA) is 58.4 Å². The van der Waals surface area contributed by atoms with Gasteiger partial charge < -0.3 is 16.0 Å². The van der Waals surface area contributed by atoms with Crippen LogP contribution in [0.3, 0.4) is 0 Å². The van der Waals surface area contributed by atoms with Crippen LogP contribution in [-0.2, 0) is 4.79 Å². The summed E-state index contributed by atoms with van der Waals surface area (Å²) in [6, 6.07) is 6.09. The highest BCUT2D eigenvalue weighted by atomic mass is 16.2. The van der Waals surface area contributed by atoms with Crippen molar-refractivity contribution in [3.63, 3.8) is 0 Å². The molecule has 98 valence electrons. The number of nitrogen functional groups attached to an aromatic ring is 1. The van der Waals surface area contributed by atoms with Gasteiger partial charge in [-0.2, -0.15) is 0 Å². The number of hydrogen-bond donors (Lipinski definition) is 2. The van der Waals surface area contributed by atoms with Crippen LogP contribution in [0.25, 0.3) is 0 Å². The Morgan fingerprint density at radius 1 is 1.50 bits per heavy atom. The molecule has 1 atom stereocenters. The molecule has 2 rings (SSSR count). The summed E-state index contributed by atoms with van der Waals surface area (Å²) in [5, 5.41) is 2.75. The minimum atomic E-state index is -0.297. The monoisotopic (exact) mass is 247 g/mol. The zero-order valence-corrected chi connectivity index (χ0v) is 11.3. The van der Waals surface area contributed by atoms with E-state index in [1.54, 1.807) is 7.05 Å². The molecule has 0 spiro atoms. The molecular formula is C14H21N3O. The zero-order chi connectivity index (χ0) is 13.3. The molecule has 1 aliphatic rings. The van der Waals surface area contributed by atoms with E-state index in [1.165, 1.54) is 0 Å². The van der Waals surface area contributed by atoms with E-state index >= 15 is 0 Å². The Morgan fingerprint density at radius 2 is 2.22 bits per heavy atom. The third-order valence-corrected chi connectivity index (χ3v) is 3.88. The zero-order valence-electron chi connectivity index (χ0n) is 11.3. The second-order valence-electron chi connectivity index (χ2n) is 5.35.